The Hall–Kier alpha value is -6.87. The summed E-state index contributed by atoms with van der Waals surface area (Å²) in [7, 11) is 0. The first-order valence-corrected chi connectivity index (χ1v) is 28.0. The maximum Gasteiger partial charge on any atom is 0.254 e. The lowest BCUT2D eigenvalue weighted by molar-refractivity contribution is -0.141. The van der Waals surface area contributed by atoms with Gasteiger partial charge in [0.25, 0.3) is 5.88 Å². The number of piperidine rings is 1. The molecule has 4 aromatic heterocycles. The number of ether oxygens (including phenoxy) is 3. The molecule has 6 aromatic rings. The molecule has 2 bridgehead atoms. The predicted octanol–water partition coefficient (Wildman–Crippen LogP) is 7.15. The van der Waals surface area contributed by atoms with Crippen LogP contribution in [-0.4, -0.2) is 146 Å². The van der Waals surface area contributed by atoms with E-state index in [9.17, 15) is 19.8 Å². The summed E-state index contributed by atoms with van der Waals surface area (Å²) in [6, 6.07) is 22.4. The fourth-order valence-electron chi connectivity index (χ4n) is 11.9. The molecule has 2 aromatic carbocycles. The Morgan fingerprint density at radius 3 is 2.38 bits per heavy atom. The van der Waals surface area contributed by atoms with Gasteiger partial charge in [-0.15, -0.1) is 21.5 Å². The van der Waals surface area contributed by atoms with E-state index in [0.29, 0.717) is 47.7 Å². The van der Waals surface area contributed by atoms with Crippen LogP contribution in [0.4, 0.5) is 17.2 Å². The number of fused-ring (bicyclic) bond motifs is 2. The number of hydrogen-bond donors (Lipinski definition) is 4. The number of nitrogens with zero attached hydrogens (tertiary/aromatic N) is 9. The van der Waals surface area contributed by atoms with E-state index in [1.54, 1.807) is 29.5 Å². The molecule has 2 amide bonds. The van der Waals surface area contributed by atoms with Gasteiger partial charge in [-0.25, -0.2) is 9.97 Å². The first-order chi connectivity index (χ1) is 37.3. The molecule has 20 heteroatoms. The molecule has 5 N–H and O–H groups in total. The zero-order chi connectivity index (χ0) is 53.3. The van der Waals surface area contributed by atoms with E-state index in [1.165, 1.54) is 4.90 Å². The number of nitrogens with two attached hydrogens (primary N) is 1. The molecule has 77 heavy (non-hydrogen) atoms. The SMILES string of the molecule is Cc1ncsc1-c1ccc(C(C)NC(=O)C2CC(O)CN2C(=O)C(c2cc(OCCN3CCC(OC4CC(Oc5cc(N6C7CCC6CN(c6cc(-c8ccccc8O)nnc6N)C7)ccn5)C4)CC3)no2)C(C)C)cc1. The second-order valence-electron chi connectivity index (χ2n) is 21.7. The summed E-state index contributed by atoms with van der Waals surface area (Å²) in [5, 5.41) is 37.0. The van der Waals surface area contributed by atoms with Crippen molar-refractivity contribution < 1.29 is 38.5 Å². The number of aryl methyl sites for hydroxylation is 1. The second kappa shape index (κ2) is 22.6. The van der Waals surface area contributed by atoms with Gasteiger partial charge in [0.1, 0.15) is 30.4 Å². The Morgan fingerprint density at radius 2 is 1.65 bits per heavy atom. The molecule has 4 aliphatic heterocycles. The Labute approximate surface area is 452 Å². The van der Waals surface area contributed by atoms with Crippen LogP contribution in [0.5, 0.6) is 17.5 Å². The van der Waals surface area contributed by atoms with Crippen molar-refractivity contribution in [3.63, 3.8) is 0 Å². The molecular formula is C57H69N11O8S. The molecule has 406 valence electrons. The molecule has 6 atom stereocenters. The number of amides is 2. The lowest BCUT2D eigenvalue weighted by Gasteiger charge is -2.43. The Balaban J connectivity index is 0.601. The lowest BCUT2D eigenvalue weighted by Crippen LogP contribution is -2.54. The summed E-state index contributed by atoms with van der Waals surface area (Å²) in [6.45, 7) is 12.3. The molecule has 5 fully saturated rings. The number of aliphatic hydroxyl groups excluding tert-OH is 1. The number of benzene rings is 2. The Kier molecular flexibility index (Phi) is 15.3. The number of phenolic OH excluding ortho intramolecular Hbond substituents is 1. The number of nitrogen functional groups attached to an aromatic ring is 1. The van der Waals surface area contributed by atoms with Gasteiger partial charge in [0.15, 0.2) is 11.6 Å². The van der Waals surface area contributed by atoms with E-state index < -0.39 is 18.1 Å². The minimum Gasteiger partial charge on any atom is -0.507 e. The summed E-state index contributed by atoms with van der Waals surface area (Å²) in [4.78, 5) is 46.7. The van der Waals surface area contributed by atoms with Crippen LogP contribution in [0.2, 0.25) is 0 Å². The quantitative estimate of drug-likeness (QED) is 0.0669. The largest absolute Gasteiger partial charge is 0.507 e. The van der Waals surface area contributed by atoms with E-state index in [1.807, 2.05) is 81.9 Å². The lowest BCUT2D eigenvalue weighted by atomic mass is 9.91. The number of anilines is 3. The summed E-state index contributed by atoms with van der Waals surface area (Å²) < 4.78 is 24.8. The third kappa shape index (κ3) is 11.4. The second-order valence-corrected chi connectivity index (χ2v) is 22.6. The number of β-amino-alcohol motifs (C(OH)–C–C–N with tert-alkyl or cyclic N) is 1. The number of piperazine rings is 1. The fourth-order valence-corrected chi connectivity index (χ4v) is 12.7. The van der Waals surface area contributed by atoms with Crippen molar-refractivity contribution in [1.82, 2.24) is 40.4 Å². The third-order valence-electron chi connectivity index (χ3n) is 16.1. The van der Waals surface area contributed by atoms with Crippen molar-refractivity contribution >= 4 is 40.3 Å². The van der Waals surface area contributed by atoms with Gasteiger partial charge in [0.2, 0.25) is 17.7 Å². The normalized spacial score (nSPS) is 23.5. The first-order valence-electron chi connectivity index (χ1n) is 27.2. The van der Waals surface area contributed by atoms with Gasteiger partial charge >= 0.3 is 0 Å². The molecule has 6 unspecified atom stereocenters. The summed E-state index contributed by atoms with van der Waals surface area (Å²) in [5.74, 6) is 0.338. The average molecular weight is 1070 g/mol. The van der Waals surface area contributed by atoms with Gasteiger partial charge in [-0.05, 0) is 86.0 Å². The molecule has 1 aliphatic carbocycles. The van der Waals surface area contributed by atoms with Crippen LogP contribution < -0.4 is 30.3 Å². The number of aliphatic hydroxyl groups is 1. The molecule has 4 saturated heterocycles. The van der Waals surface area contributed by atoms with Crippen LogP contribution in [0.25, 0.3) is 21.7 Å². The number of aromatic hydroxyl groups is 1. The molecule has 8 heterocycles. The Bertz CT molecular complexity index is 3000. The molecule has 19 nitrogen and oxygen atoms in total. The van der Waals surface area contributed by atoms with Gasteiger partial charge < -0.3 is 54.7 Å². The highest BCUT2D eigenvalue weighted by Crippen LogP contribution is 2.41. The number of rotatable bonds is 18. The van der Waals surface area contributed by atoms with Crippen molar-refractivity contribution in [2.45, 2.75) is 127 Å². The van der Waals surface area contributed by atoms with E-state index in [4.69, 9.17) is 24.5 Å². The number of hydrogen-bond acceptors (Lipinski definition) is 18. The minimum absolute atomic E-state index is 0.0528. The van der Waals surface area contributed by atoms with Crippen LogP contribution >= 0.6 is 11.3 Å². The highest BCUT2D eigenvalue weighted by molar-refractivity contribution is 7.13. The highest BCUT2D eigenvalue weighted by atomic mass is 32.1. The zero-order valence-electron chi connectivity index (χ0n) is 44.1. The first kappa shape index (κ1) is 52.2. The number of thiazole rings is 1. The molecule has 0 spiro atoms. The molecule has 5 aliphatic rings. The molecule has 1 saturated carbocycles. The molecular weight excluding hydrogens is 999 g/mol. The van der Waals surface area contributed by atoms with E-state index in [0.717, 1.165) is 97.8 Å². The molecule has 11 rings (SSSR count). The van der Waals surface area contributed by atoms with Crippen molar-refractivity contribution in [3.8, 4) is 39.2 Å². The van der Waals surface area contributed by atoms with Gasteiger partial charge in [-0.1, -0.05) is 50.2 Å². The van der Waals surface area contributed by atoms with Gasteiger partial charge in [-0.3, -0.25) is 14.5 Å². The number of pyridine rings is 1. The highest BCUT2D eigenvalue weighted by Gasteiger charge is 2.45. The number of carbonyl (C=O) groups excluding carboxylic acids is 2. The van der Waals surface area contributed by atoms with E-state index >= 15 is 0 Å². The topological polar surface area (TPSA) is 231 Å². The number of para-hydroxylation sites is 1. The third-order valence-corrected chi connectivity index (χ3v) is 17.1. The number of phenols is 1. The van der Waals surface area contributed by atoms with Crippen LogP contribution in [0, 0.1) is 12.8 Å². The predicted molar refractivity (Wildman–Crippen MR) is 292 cm³/mol. The van der Waals surface area contributed by atoms with E-state index in [-0.39, 0.29) is 72.9 Å². The minimum atomic E-state index is -0.830. The van der Waals surface area contributed by atoms with Crippen molar-refractivity contribution in [2.24, 2.45) is 5.92 Å². The summed E-state index contributed by atoms with van der Waals surface area (Å²) in [5.41, 5.74) is 14.4. The van der Waals surface area contributed by atoms with Crippen LogP contribution in [-0.2, 0) is 14.3 Å². The fraction of sp³-hybridized carbons (Fsp3) is 0.491. The maximum atomic E-state index is 14.2. The summed E-state index contributed by atoms with van der Waals surface area (Å²) in [6.07, 6.45) is 7.23. The van der Waals surface area contributed by atoms with Crippen LogP contribution in [0.3, 0.4) is 0 Å². The number of aromatic nitrogens is 5. The zero-order valence-corrected chi connectivity index (χ0v) is 44.9. The van der Waals surface area contributed by atoms with E-state index in [2.05, 4.69) is 57.5 Å². The van der Waals surface area contributed by atoms with Crippen molar-refractivity contribution in [2.75, 3.05) is 61.4 Å². The monoisotopic (exact) mass is 1070 g/mol. The average Bonchev–Trinajstić information content (AvgIpc) is 4.22. The van der Waals surface area contributed by atoms with Gasteiger partial charge in [-0.2, -0.15) is 0 Å². The summed E-state index contributed by atoms with van der Waals surface area (Å²) >= 11 is 1.59. The smallest absolute Gasteiger partial charge is 0.254 e. The number of nitrogens with one attached hydrogen (secondary N) is 1. The molecule has 0 radical (unpaired) electrons. The maximum absolute atomic E-state index is 14.2. The number of likely N-dealkylation sites (tertiary alicyclic amines) is 2. The number of carbonyl (C=O) groups is 2. The van der Waals surface area contributed by atoms with Crippen molar-refractivity contribution in [3.05, 3.63) is 102 Å². The van der Waals surface area contributed by atoms with Gasteiger partial charge in [0.05, 0.1) is 51.8 Å². The standard InChI is InChI=1S/C57H69N11O8S/c1-33(2)53(57(72)67-31-41(69)24-48(67)56(71)61-34(3)36-9-11-37(12-10-36)54-35(4)60-32-77-54)50-28-52(64-76-50)73-22-21-65-19-16-42(17-20-65)74-43-25-44(26-43)75-51-23-38(15-18-59-51)68-39-13-14-40(68)30-66(29-39)47-27-46(62-63-55(47)58)45-7-5-6-8-49(45)70/h5-12,15,18,23,27-28,32-34,39-44,48,53,69-70H,13-14,16-17,19-22,24-26,29-31H2,1-4H3,(H2,58,63)(H,61,71). The Morgan fingerprint density at radius 1 is 0.883 bits per heavy atom. The van der Waals surface area contributed by atoms with Gasteiger partial charge in [0, 0.05) is 100 Å². The van der Waals surface area contributed by atoms with Crippen molar-refractivity contribution in [1.29, 1.82) is 0 Å². The van der Waals surface area contributed by atoms with Crippen LogP contribution in [0.15, 0.2) is 89.0 Å². The van der Waals surface area contributed by atoms with Crippen LogP contribution in [0.1, 0.15) is 94.7 Å².